The number of hydrogen-bond acceptors (Lipinski definition) is 2. The molecule has 2 N–H and O–H groups in total. The van der Waals surface area contributed by atoms with Gasteiger partial charge in [0.1, 0.15) is 0 Å². The van der Waals surface area contributed by atoms with Crippen molar-refractivity contribution in [3.05, 3.63) is 20.8 Å². The molecule has 0 aromatic carbocycles. The molecule has 1 aromatic heterocycles. The highest BCUT2D eigenvalue weighted by molar-refractivity contribution is 9.11. The summed E-state index contributed by atoms with van der Waals surface area (Å²) in [6.45, 7) is 0.850. The summed E-state index contributed by atoms with van der Waals surface area (Å²) < 4.78 is 1.24. The van der Waals surface area contributed by atoms with Crippen LogP contribution in [0.4, 0.5) is 0 Å². The molecule has 1 saturated carbocycles. The van der Waals surface area contributed by atoms with E-state index < -0.39 is 0 Å². The Hall–Kier alpha value is 0.140. The van der Waals surface area contributed by atoms with Crippen LogP contribution in [0.1, 0.15) is 43.4 Å². The summed E-state index contributed by atoms with van der Waals surface area (Å²) in [5.74, 6) is 0. The minimum Gasteiger partial charge on any atom is -0.330 e. The predicted molar refractivity (Wildman–Crippen MR) is 74.9 cm³/mol. The van der Waals surface area contributed by atoms with E-state index in [4.69, 9.17) is 5.73 Å². The van der Waals surface area contributed by atoms with Gasteiger partial charge < -0.3 is 5.73 Å². The van der Waals surface area contributed by atoms with Crippen molar-refractivity contribution in [2.24, 2.45) is 11.1 Å². The number of hydrogen-bond donors (Lipinski definition) is 1. The molecule has 16 heavy (non-hydrogen) atoms. The zero-order valence-corrected chi connectivity index (χ0v) is 12.1. The second-order valence-electron chi connectivity index (χ2n) is 5.00. The highest BCUT2D eigenvalue weighted by Gasteiger charge is 2.30. The summed E-state index contributed by atoms with van der Waals surface area (Å²) in [5.41, 5.74) is 6.44. The van der Waals surface area contributed by atoms with Crippen LogP contribution in [-0.2, 0) is 6.42 Å². The Morgan fingerprint density at radius 3 is 2.38 bits per heavy atom. The molecular weight excluding hydrogens is 282 g/mol. The lowest BCUT2D eigenvalue weighted by atomic mass is 9.77. The fourth-order valence-electron chi connectivity index (χ4n) is 2.75. The molecule has 90 valence electrons. The van der Waals surface area contributed by atoms with Crippen molar-refractivity contribution < 1.29 is 0 Å². The Balaban J connectivity index is 2.08. The number of thiophene rings is 1. The number of nitrogens with two attached hydrogens (primary N) is 1. The Labute approximate surface area is 111 Å². The maximum Gasteiger partial charge on any atom is 0.0701 e. The first kappa shape index (κ1) is 12.6. The van der Waals surface area contributed by atoms with Gasteiger partial charge in [0.05, 0.1) is 3.79 Å². The Morgan fingerprint density at radius 1 is 1.19 bits per heavy atom. The molecule has 1 heterocycles. The summed E-state index contributed by atoms with van der Waals surface area (Å²) in [5, 5.41) is 0. The largest absolute Gasteiger partial charge is 0.330 e. The zero-order valence-electron chi connectivity index (χ0n) is 9.68. The minimum absolute atomic E-state index is 0.390. The zero-order chi connectivity index (χ0) is 11.4. The third-order valence-corrected chi connectivity index (χ3v) is 5.40. The van der Waals surface area contributed by atoms with Crippen molar-refractivity contribution in [3.8, 4) is 0 Å². The maximum atomic E-state index is 6.06. The first-order chi connectivity index (χ1) is 7.74. The Morgan fingerprint density at radius 2 is 1.88 bits per heavy atom. The normalized spacial score (nSPS) is 20.6. The number of halogens is 1. The van der Waals surface area contributed by atoms with Crippen LogP contribution in [0.15, 0.2) is 15.9 Å². The molecule has 0 saturated heterocycles. The summed E-state index contributed by atoms with van der Waals surface area (Å²) in [7, 11) is 0. The third-order valence-electron chi connectivity index (χ3n) is 3.78. The molecule has 0 spiro atoms. The van der Waals surface area contributed by atoms with Gasteiger partial charge in [-0.1, -0.05) is 25.7 Å². The lowest BCUT2D eigenvalue weighted by Gasteiger charge is -2.31. The van der Waals surface area contributed by atoms with Crippen LogP contribution >= 0.6 is 27.3 Å². The van der Waals surface area contributed by atoms with Gasteiger partial charge in [0.25, 0.3) is 0 Å². The molecule has 1 nitrogen and oxygen atoms in total. The smallest absolute Gasteiger partial charge is 0.0701 e. The van der Waals surface area contributed by atoms with E-state index in [1.165, 1.54) is 53.6 Å². The van der Waals surface area contributed by atoms with Crippen molar-refractivity contribution in [2.45, 2.75) is 44.9 Å². The van der Waals surface area contributed by atoms with E-state index in [0.29, 0.717) is 5.41 Å². The predicted octanol–water partition coefficient (Wildman–Crippen LogP) is 4.35. The maximum absolute atomic E-state index is 6.06. The van der Waals surface area contributed by atoms with Crippen LogP contribution in [0.25, 0.3) is 0 Å². The van der Waals surface area contributed by atoms with Crippen LogP contribution in [0.3, 0.4) is 0 Å². The molecule has 0 bridgehead atoms. The van der Waals surface area contributed by atoms with Crippen molar-refractivity contribution in [2.75, 3.05) is 6.54 Å². The van der Waals surface area contributed by atoms with Gasteiger partial charge in [0.2, 0.25) is 0 Å². The van der Waals surface area contributed by atoms with Gasteiger partial charge in [0, 0.05) is 4.88 Å². The van der Waals surface area contributed by atoms with Crippen molar-refractivity contribution in [1.82, 2.24) is 0 Å². The fourth-order valence-corrected chi connectivity index (χ4v) is 4.40. The van der Waals surface area contributed by atoms with Gasteiger partial charge in [0.15, 0.2) is 0 Å². The minimum atomic E-state index is 0.390. The van der Waals surface area contributed by atoms with Gasteiger partial charge in [-0.05, 0) is 59.3 Å². The average molecular weight is 302 g/mol. The highest BCUT2D eigenvalue weighted by atomic mass is 79.9. The fraction of sp³-hybridized carbons (Fsp3) is 0.692. The lowest BCUT2D eigenvalue weighted by Crippen LogP contribution is -2.32. The standard InChI is InChI=1S/C13H20BrNS/c14-12-6-5-11(16-12)9-13(10-15)7-3-1-2-4-8-13/h5-6H,1-4,7-10,15H2. The molecule has 0 atom stereocenters. The van der Waals surface area contributed by atoms with E-state index in [2.05, 4.69) is 28.1 Å². The van der Waals surface area contributed by atoms with Gasteiger partial charge in [-0.25, -0.2) is 0 Å². The highest BCUT2D eigenvalue weighted by Crippen LogP contribution is 2.39. The Bertz CT molecular complexity index is 326. The van der Waals surface area contributed by atoms with Crippen molar-refractivity contribution in [1.29, 1.82) is 0 Å². The summed E-state index contributed by atoms with van der Waals surface area (Å²) in [4.78, 5) is 1.49. The van der Waals surface area contributed by atoms with Crippen molar-refractivity contribution >= 4 is 27.3 Å². The molecule has 2 rings (SSSR count). The first-order valence-electron chi connectivity index (χ1n) is 6.18. The SMILES string of the molecule is NCC1(Cc2ccc(Br)s2)CCCCCC1. The van der Waals surface area contributed by atoms with Gasteiger partial charge in [-0.15, -0.1) is 11.3 Å². The number of rotatable bonds is 3. The van der Waals surface area contributed by atoms with E-state index in [1.807, 2.05) is 11.3 Å². The van der Waals surface area contributed by atoms with Gasteiger partial charge in [-0.3, -0.25) is 0 Å². The lowest BCUT2D eigenvalue weighted by molar-refractivity contribution is 0.254. The molecule has 0 aliphatic heterocycles. The van der Waals surface area contributed by atoms with Crippen LogP contribution in [0.5, 0.6) is 0 Å². The molecule has 1 aliphatic carbocycles. The molecule has 0 unspecified atom stereocenters. The second-order valence-corrected chi connectivity index (χ2v) is 7.55. The molecule has 1 aromatic rings. The monoisotopic (exact) mass is 301 g/mol. The van der Waals surface area contributed by atoms with Gasteiger partial charge >= 0.3 is 0 Å². The topological polar surface area (TPSA) is 26.0 Å². The van der Waals surface area contributed by atoms with E-state index in [0.717, 1.165) is 6.54 Å². The second kappa shape index (κ2) is 5.65. The quantitative estimate of drug-likeness (QED) is 0.825. The van der Waals surface area contributed by atoms with E-state index in [9.17, 15) is 0 Å². The average Bonchev–Trinajstić information content (AvgIpc) is 2.54. The third kappa shape index (κ3) is 3.08. The van der Waals surface area contributed by atoms with Crippen LogP contribution in [-0.4, -0.2) is 6.54 Å². The van der Waals surface area contributed by atoms with Crippen LogP contribution in [0.2, 0.25) is 0 Å². The molecule has 0 amide bonds. The van der Waals surface area contributed by atoms with E-state index in [-0.39, 0.29) is 0 Å². The first-order valence-corrected chi connectivity index (χ1v) is 7.79. The molecular formula is C13H20BrNS. The summed E-state index contributed by atoms with van der Waals surface area (Å²) in [6.07, 6.45) is 9.34. The molecule has 1 aliphatic rings. The summed E-state index contributed by atoms with van der Waals surface area (Å²) >= 11 is 5.40. The molecule has 0 radical (unpaired) electrons. The van der Waals surface area contributed by atoms with Gasteiger partial charge in [-0.2, -0.15) is 0 Å². The van der Waals surface area contributed by atoms with E-state index in [1.54, 1.807) is 0 Å². The Kier molecular flexibility index (Phi) is 4.45. The summed E-state index contributed by atoms with van der Waals surface area (Å²) in [6, 6.07) is 4.40. The van der Waals surface area contributed by atoms with Crippen LogP contribution < -0.4 is 5.73 Å². The molecule has 1 fully saturated rings. The molecule has 3 heteroatoms. The van der Waals surface area contributed by atoms with Crippen LogP contribution in [0, 0.1) is 5.41 Å². The van der Waals surface area contributed by atoms with E-state index >= 15 is 0 Å². The van der Waals surface area contributed by atoms with Crippen molar-refractivity contribution in [3.63, 3.8) is 0 Å².